The molecule has 0 spiro atoms. The Bertz CT molecular complexity index is 593. The van der Waals surface area contributed by atoms with Crippen molar-refractivity contribution < 1.29 is 24.1 Å². The first-order chi connectivity index (χ1) is 9.15. The molecule has 0 amide bonds. The van der Waals surface area contributed by atoms with Crippen LogP contribution in [0.4, 0.5) is 0 Å². The second-order valence-electron chi connectivity index (χ2n) is 3.85. The van der Waals surface area contributed by atoms with Gasteiger partial charge in [-0.1, -0.05) is 24.3 Å². The van der Waals surface area contributed by atoms with Gasteiger partial charge in [0.1, 0.15) is 11.3 Å². The average Bonchev–Trinajstić information content (AvgIpc) is 2.45. The number of carbonyl (C=O) groups excluding carboxylic acids is 1. The van der Waals surface area contributed by atoms with Crippen molar-refractivity contribution in [2.75, 3.05) is 14.2 Å². The zero-order valence-corrected chi connectivity index (χ0v) is 10.6. The van der Waals surface area contributed by atoms with E-state index in [4.69, 9.17) is 9.47 Å². The van der Waals surface area contributed by atoms with Gasteiger partial charge in [-0.2, -0.15) is 0 Å². The smallest absolute Gasteiger partial charge is 0.341 e. The maximum Gasteiger partial charge on any atom is 0.341 e. The van der Waals surface area contributed by atoms with E-state index in [0.29, 0.717) is 0 Å². The molecule has 2 aromatic carbocycles. The first kappa shape index (κ1) is 13.3. The van der Waals surface area contributed by atoms with Gasteiger partial charge in [-0.3, -0.25) is 0 Å². The van der Waals surface area contributed by atoms with Crippen LogP contribution in [0.5, 0.6) is 5.75 Å². The molecule has 2 rings (SSSR count). The Balaban J connectivity index is 2.53. The standard InChI is InChI=1S/C14H14O5/c1-17-13(15)11-7-9-5-3-4-6-10(9)8-12(11)19-14(16)18-2/h3-8,14,16H,1-2H3. The van der Waals surface area contributed by atoms with Gasteiger partial charge in [-0.05, 0) is 22.9 Å². The van der Waals surface area contributed by atoms with Crippen molar-refractivity contribution in [3.8, 4) is 5.75 Å². The number of hydrogen-bond acceptors (Lipinski definition) is 5. The third-order valence-corrected chi connectivity index (χ3v) is 2.68. The summed E-state index contributed by atoms with van der Waals surface area (Å²) in [7, 11) is 2.58. The predicted molar refractivity (Wildman–Crippen MR) is 68.9 cm³/mol. The number of aliphatic hydroxyl groups is 1. The van der Waals surface area contributed by atoms with Gasteiger partial charge in [-0.15, -0.1) is 0 Å². The van der Waals surface area contributed by atoms with E-state index in [2.05, 4.69) is 4.74 Å². The lowest BCUT2D eigenvalue weighted by Gasteiger charge is -2.14. The normalized spacial score (nSPS) is 12.2. The van der Waals surface area contributed by atoms with Crippen molar-refractivity contribution >= 4 is 16.7 Å². The molecule has 2 aromatic rings. The average molecular weight is 262 g/mol. The summed E-state index contributed by atoms with van der Waals surface area (Å²) in [5, 5.41) is 11.1. The highest BCUT2D eigenvalue weighted by Gasteiger charge is 2.17. The van der Waals surface area contributed by atoms with Crippen molar-refractivity contribution in [2.45, 2.75) is 6.48 Å². The minimum atomic E-state index is -1.44. The van der Waals surface area contributed by atoms with Crippen LogP contribution in [0.1, 0.15) is 10.4 Å². The Morgan fingerprint density at radius 3 is 2.37 bits per heavy atom. The Hall–Kier alpha value is -2.11. The molecule has 5 heteroatoms. The quantitative estimate of drug-likeness (QED) is 0.673. The van der Waals surface area contributed by atoms with Gasteiger partial charge in [0.2, 0.25) is 0 Å². The molecule has 0 saturated heterocycles. The lowest BCUT2D eigenvalue weighted by Crippen LogP contribution is -2.19. The minimum absolute atomic E-state index is 0.208. The highest BCUT2D eigenvalue weighted by molar-refractivity contribution is 5.98. The number of hydrogen-bond donors (Lipinski definition) is 1. The largest absolute Gasteiger partial charge is 0.465 e. The molecule has 19 heavy (non-hydrogen) atoms. The van der Waals surface area contributed by atoms with Crippen LogP contribution in [-0.4, -0.2) is 31.8 Å². The monoisotopic (exact) mass is 262 g/mol. The van der Waals surface area contributed by atoms with Crippen LogP contribution in [0.3, 0.4) is 0 Å². The molecular weight excluding hydrogens is 248 g/mol. The number of benzene rings is 2. The van der Waals surface area contributed by atoms with Gasteiger partial charge in [0, 0.05) is 7.11 Å². The SMILES string of the molecule is COC(=O)c1cc2ccccc2cc1OC(O)OC. The Kier molecular flexibility index (Phi) is 3.99. The van der Waals surface area contributed by atoms with Crippen molar-refractivity contribution in [2.24, 2.45) is 0 Å². The van der Waals surface area contributed by atoms with E-state index in [1.165, 1.54) is 14.2 Å². The number of ether oxygens (including phenoxy) is 3. The summed E-state index contributed by atoms with van der Waals surface area (Å²) in [6.45, 7) is -1.44. The van der Waals surface area contributed by atoms with Crippen molar-refractivity contribution in [3.63, 3.8) is 0 Å². The summed E-state index contributed by atoms with van der Waals surface area (Å²) in [6, 6.07) is 10.8. The summed E-state index contributed by atoms with van der Waals surface area (Å²) in [4.78, 5) is 11.7. The highest BCUT2D eigenvalue weighted by atomic mass is 16.8. The third kappa shape index (κ3) is 2.83. The molecular formula is C14H14O5. The molecule has 1 N–H and O–H groups in total. The Morgan fingerprint density at radius 2 is 1.79 bits per heavy atom. The summed E-state index contributed by atoms with van der Waals surface area (Å²) in [5.41, 5.74) is 0.234. The second-order valence-corrected chi connectivity index (χ2v) is 3.85. The van der Waals surface area contributed by atoms with E-state index in [1.807, 2.05) is 24.3 Å². The number of fused-ring (bicyclic) bond motifs is 1. The van der Waals surface area contributed by atoms with Crippen LogP contribution in [-0.2, 0) is 9.47 Å². The number of rotatable bonds is 4. The maximum absolute atomic E-state index is 11.7. The van der Waals surface area contributed by atoms with Crippen LogP contribution in [0.15, 0.2) is 36.4 Å². The van der Waals surface area contributed by atoms with Gasteiger partial charge in [0.15, 0.2) is 0 Å². The molecule has 0 aliphatic carbocycles. The van der Waals surface area contributed by atoms with Crippen molar-refractivity contribution in [1.82, 2.24) is 0 Å². The first-order valence-electron chi connectivity index (χ1n) is 5.64. The zero-order valence-electron chi connectivity index (χ0n) is 10.6. The number of methoxy groups -OCH3 is 2. The fourth-order valence-electron chi connectivity index (χ4n) is 1.74. The third-order valence-electron chi connectivity index (χ3n) is 2.68. The van der Waals surface area contributed by atoms with E-state index < -0.39 is 12.4 Å². The lowest BCUT2D eigenvalue weighted by atomic mass is 10.1. The second kappa shape index (κ2) is 5.69. The van der Waals surface area contributed by atoms with Crippen molar-refractivity contribution in [1.29, 1.82) is 0 Å². The topological polar surface area (TPSA) is 65.0 Å². The number of carbonyl (C=O) groups is 1. The molecule has 0 bridgehead atoms. The van der Waals surface area contributed by atoms with Gasteiger partial charge in [0.05, 0.1) is 7.11 Å². The van der Waals surface area contributed by atoms with E-state index in [0.717, 1.165) is 10.8 Å². The maximum atomic E-state index is 11.7. The van der Waals surface area contributed by atoms with Crippen LogP contribution >= 0.6 is 0 Å². The lowest BCUT2D eigenvalue weighted by molar-refractivity contribution is -0.200. The predicted octanol–water partition coefficient (Wildman–Crippen LogP) is 1.93. The van der Waals surface area contributed by atoms with E-state index >= 15 is 0 Å². The molecule has 0 fully saturated rings. The minimum Gasteiger partial charge on any atom is -0.465 e. The molecule has 0 heterocycles. The molecule has 5 nitrogen and oxygen atoms in total. The Morgan fingerprint density at radius 1 is 1.16 bits per heavy atom. The van der Waals surface area contributed by atoms with E-state index in [1.54, 1.807) is 12.1 Å². The number of aliphatic hydroxyl groups excluding tert-OH is 1. The molecule has 1 unspecified atom stereocenters. The van der Waals surface area contributed by atoms with E-state index in [9.17, 15) is 9.90 Å². The van der Waals surface area contributed by atoms with Gasteiger partial charge in [0.25, 0.3) is 0 Å². The Labute approximate surface area is 110 Å². The number of esters is 1. The van der Waals surface area contributed by atoms with Gasteiger partial charge >= 0.3 is 12.4 Å². The fourth-order valence-corrected chi connectivity index (χ4v) is 1.74. The molecule has 0 saturated carbocycles. The van der Waals surface area contributed by atoms with Crippen molar-refractivity contribution in [3.05, 3.63) is 42.0 Å². The molecule has 1 atom stereocenters. The van der Waals surface area contributed by atoms with E-state index in [-0.39, 0.29) is 11.3 Å². The molecule has 0 radical (unpaired) electrons. The molecule has 0 aliphatic heterocycles. The summed E-state index contributed by atoms with van der Waals surface area (Å²) < 4.78 is 14.5. The van der Waals surface area contributed by atoms with Gasteiger partial charge < -0.3 is 19.3 Å². The van der Waals surface area contributed by atoms with Crippen LogP contribution < -0.4 is 4.74 Å². The highest BCUT2D eigenvalue weighted by Crippen LogP contribution is 2.27. The van der Waals surface area contributed by atoms with Crippen LogP contribution in [0.25, 0.3) is 10.8 Å². The molecule has 0 aliphatic rings. The summed E-state index contributed by atoms with van der Waals surface area (Å²) in [6.07, 6.45) is 0. The first-order valence-corrected chi connectivity index (χ1v) is 5.64. The van der Waals surface area contributed by atoms with Gasteiger partial charge in [-0.25, -0.2) is 4.79 Å². The van der Waals surface area contributed by atoms with Crippen LogP contribution in [0.2, 0.25) is 0 Å². The van der Waals surface area contributed by atoms with Crippen LogP contribution in [0, 0.1) is 0 Å². The summed E-state index contributed by atoms with van der Waals surface area (Å²) >= 11 is 0. The zero-order chi connectivity index (χ0) is 13.8. The molecule has 100 valence electrons. The fraction of sp³-hybridized carbons (Fsp3) is 0.214. The summed E-state index contributed by atoms with van der Waals surface area (Å²) in [5.74, 6) is -0.330. The molecule has 0 aromatic heterocycles.